The van der Waals surface area contributed by atoms with Crippen molar-refractivity contribution in [3.05, 3.63) is 40.4 Å². The molecular formula is C17H20N6O4S2. The van der Waals surface area contributed by atoms with Crippen molar-refractivity contribution in [3.63, 3.8) is 0 Å². The number of amides is 1. The summed E-state index contributed by atoms with van der Waals surface area (Å²) in [6.45, 7) is 1.39. The van der Waals surface area contributed by atoms with Crippen molar-refractivity contribution in [1.82, 2.24) is 28.5 Å². The van der Waals surface area contributed by atoms with Crippen LogP contribution >= 0.6 is 11.3 Å². The Morgan fingerprint density at radius 2 is 2.00 bits per heavy atom. The van der Waals surface area contributed by atoms with Crippen LogP contribution in [-0.2, 0) is 28.4 Å². The number of hydrogen-bond acceptors (Lipinski definition) is 7. The number of hydrogen-bond donors (Lipinski definition) is 0. The third kappa shape index (κ3) is 3.70. The molecule has 3 aromatic rings. The summed E-state index contributed by atoms with van der Waals surface area (Å²) in [4.78, 5) is 30.9. The summed E-state index contributed by atoms with van der Waals surface area (Å²) < 4.78 is 29.8. The maximum atomic E-state index is 12.6. The van der Waals surface area contributed by atoms with Gasteiger partial charge in [0.2, 0.25) is 5.91 Å². The summed E-state index contributed by atoms with van der Waals surface area (Å²) in [5.41, 5.74) is 0.267. The molecule has 1 saturated heterocycles. The maximum absolute atomic E-state index is 12.6. The van der Waals surface area contributed by atoms with Crippen LogP contribution in [0.3, 0.4) is 0 Å². The Morgan fingerprint density at radius 1 is 1.24 bits per heavy atom. The Kier molecular flexibility index (Phi) is 5.23. The number of rotatable bonds is 5. The number of piperazine rings is 1. The van der Waals surface area contributed by atoms with Crippen molar-refractivity contribution in [1.29, 1.82) is 0 Å². The molecular weight excluding hydrogens is 416 g/mol. The third-order valence-electron chi connectivity index (χ3n) is 4.97. The number of carbonyl (C=O) groups is 1. The average molecular weight is 437 g/mol. The molecule has 1 aliphatic heterocycles. The average Bonchev–Trinajstić information content (AvgIpc) is 3.39. The number of sulfonamides is 1. The zero-order valence-electron chi connectivity index (χ0n) is 15.8. The van der Waals surface area contributed by atoms with Crippen molar-refractivity contribution in [2.24, 2.45) is 7.05 Å². The first-order valence-electron chi connectivity index (χ1n) is 9.06. The molecule has 4 rings (SSSR count). The summed E-state index contributed by atoms with van der Waals surface area (Å²) in [6.07, 6.45) is 3.03. The van der Waals surface area contributed by atoms with Crippen molar-refractivity contribution in [2.75, 3.05) is 26.2 Å². The predicted molar refractivity (Wildman–Crippen MR) is 107 cm³/mol. The minimum atomic E-state index is -3.50. The number of aryl methyl sites for hydroxylation is 2. The standard InChI is InChI=1S/C17H20N6O4S2/c1-20-16-13(11-19-20)17(25)22(12-18-16)5-4-14(24)21-6-8-23(9-7-21)29(26,27)15-3-2-10-28-15/h2-3,10-12H,4-9H2,1H3. The van der Waals surface area contributed by atoms with E-state index in [1.807, 2.05) is 0 Å². The quantitative estimate of drug-likeness (QED) is 0.562. The largest absolute Gasteiger partial charge is 0.340 e. The van der Waals surface area contributed by atoms with Crippen molar-refractivity contribution in [3.8, 4) is 0 Å². The van der Waals surface area contributed by atoms with Gasteiger partial charge in [0, 0.05) is 46.2 Å². The van der Waals surface area contributed by atoms with E-state index in [2.05, 4.69) is 10.1 Å². The van der Waals surface area contributed by atoms with Gasteiger partial charge in [-0.05, 0) is 11.4 Å². The normalized spacial score (nSPS) is 15.8. The van der Waals surface area contributed by atoms with Gasteiger partial charge < -0.3 is 4.90 Å². The van der Waals surface area contributed by atoms with Gasteiger partial charge in [-0.25, -0.2) is 13.4 Å². The molecule has 3 aromatic heterocycles. The fourth-order valence-electron chi connectivity index (χ4n) is 3.32. The molecule has 1 amide bonds. The molecule has 29 heavy (non-hydrogen) atoms. The summed E-state index contributed by atoms with van der Waals surface area (Å²) >= 11 is 1.19. The predicted octanol–water partition coefficient (Wildman–Crippen LogP) is 0.115. The van der Waals surface area contributed by atoms with E-state index < -0.39 is 10.0 Å². The number of nitrogens with zero attached hydrogens (tertiary/aromatic N) is 6. The second kappa shape index (κ2) is 7.69. The highest BCUT2D eigenvalue weighted by Crippen LogP contribution is 2.22. The summed E-state index contributed by atoms with van der Waals surface area (Å²) in [5, 5.41) is 6.16. The molecule has 0 bridgehead atoms. The van der Waals surface area contributed by atoms with Crippen LogP contribution in [0.15, 0.2) is 39.0 Å². The van der Waals surface area contributed by atoms with Gasteiger partial charge in [0.1, 0.15) is 9.60 Å². The van der Waals surface area contributed by atoms with Gasteiger partial charge in [-0.15, -0.1) is 11.3 Å². The van der Waals surface area contributed by atoms with Crippen LogP contribution < -0.4 is 5.56 Å². The molecule has 0 radical (unpaired) electrons. The topological polar surface area (TPSA) is 110 Å². The Bertz CT molecular complexity index is 1190. The van der Waals surface area contributed by atoms with E-state index in [9.17, 15) is 18.0 Å². The van der Waals surface area contributed by atoms with Crippen molar-refractivity contribution >= 4 is 38.3 Å². The Morgan fingerprint density at radius 3 is 2.69 bits per heavy atom. The van der Waals surface area contributed by atoms with Gasteiger partial charge in [0.05, 0.1) is 12.5 Å². The lowest BCUT2D eigenvalue weighted by molar-refractivity contribution is -0.132. The van der Waals surface area contributed by atoms with Gasteiger partial charge in [-0.1, -0.05) is 6.07 Å². The number of aromatic nitrogens is 4. The van der Waals surface area contributed by atoms with Crippen LogP contribution in [0.5, 0.6) is 0 Å². The molecule has 12 heteroatoms. The zero-order chi connectivity index (χ0) is 20.6. The molecule has 4 heterocycles. The molecule has 0 aromatic carbocycles. The van der Waals surface area contributed by atoms with Gasteiger partial charge in [-0.3, -0.25) is 18.8 Å². The monoisotopic (exact) mass is 436 g/mol. The smallest absolute Gasteiger partial charge is 0.264 e. The fraction of sp³-hybridized carbons (Fsp3) is 0.412. The molecule has 1 aliphatic rings. The second-order valence-electron chi connectivity index (χ2n) is 6.72. The van der Waals surface area contributed by atoms with E-state index in [0.29, 0.717) is 28.3 Å². The molecule has 0 spiro atoms. The highest BCUT2D eigenvalue weighted by atomic mass is 32.2. The van der Waals surface area contributed by atoms with E-state index in [1.165, 1.54) is 37.4 Å². The van der Waals surface area contributed by atoms with Crippen LogP contribution in [0.1, 0.15) is 6.42 Å². The molecule has 0 unspecified atom stereocenters. The highest BCUT2D eigenvalue weighted by molar-refractivity contribution is 7.91. The van der Waals surface area contributed by atoms with Crippen LogP contribution in [0.25, 0.3) is 11.0 Å². The highest BCUT2D eigenvalue weighted by Gasteiger charge is 2.30. The van der Waals surface area contributed by atoms with Crippen molar-refractivity contribution < 1.29 is 13.2 Å². The minimum Gasteiger partial charge on any atom is -0.340 e. The maximum Gasteiger partial charge on any atom is 0.264 e. The minimum absolute atomic E-state index is 0.114. The first-order valence-corrected chi connectivity index (χ1v) is 11.4. The van der Waals surface area contributed by atoms with Gasteiger partial charge in [0.25, 0.3) is 15.6 Å². The Labute approximate surface area is 171 Å². The second-order valence-corrected chi connectivity index (χ2v) is 9.83. The Hall–Kier alpha value is -2.57. The fourth-order valence-corrected chi connectivity index (χ4v) is 5.88. The number of thiophene rings is 1. The molecule has 154 valence electrons. The third-order valence-corrected chi connectivity index (χ3v) is 8.24. The van der Waals surface area contributed by atoms with E-state index >= 15 is 0 Å². The molecule has 1 fully saturated rings. The van der Waals surface area contributed by atoms with Crippen LogP contribution in [0.4, 0.5) is 0 Å². The lowest BCUT2D eigenvalue weighted by Crippen LogP contribution is -2.50. The zero-order valence-corrected chi connectivity index (χ0v) is 17.4. The lowest BCUT2D eigenvalue weighted by atomic mass is 10.3. The van der Waals surface area contributed by atoms with E-state index in [-0.39, 0.29) is 37.5 Å². The summed E-state index contributed by atoms with van der Waals surface area (Å²) in [7, 11) is -1.79. The lowest BCUT2D eigenvalue weighted by Gasteiger charge is -2.33. The first-order chi connectivity index (χ1) is 13.9. The molecule has 0 atom stereocenters. The molecule has 0 N–H and O–H groups in total. The van der Waals surface area contributed by atoms with Crippen LogP contribution in [0.2, 0.25) is 0 Å². The molecule has 0 saturated carbocycles. The molecule has 10 nitrogen and oxygen atoms in total. The first kappa shape index (κ1) is 19.7. The summed E-state index contributed by atoms with van der Waals surface area (Å²) in [6, 6.07) is 3.29. The summed E-state index contributed by atoms with van der Waals surface area (Å²) in [5.74, 6) is -0.114. The van der Waals surface area contributed by atoms with Gasteiger partial charge in [0.15, 0.2) is 5.65 Å². The Balaban J connectivity index is 1.36. The van der Waals surface area contributed by atoms with Crippen LogP contribution in [0, 0.1) is 0 Å². The van der Waals surface area contributed by atoms with Crippen molar-refractivity contribution in [2.45, 2.75) is 17.2 Å². The SMILES string of the molecule is Cn1ncc2c(=O)n(CCC(=O)N3CCN(S(=O)(=O)c4cccs4)CC3)cnc21. The van der Waals surface area contributed by atoms with E-state index in [0.717, 1.165) is 0 Å². The van der Waals surface area contributed by atoms with Gasteiger partial charge >= 0.3 is 0 Å². The number of fused-ring (bicyclic) bond motifs is 1. The molecule has 0 aliphatic carbocycles. The van der Waals surface area contributed by atoms with Crippen LogP contribution in [-0.4, -0.2) is 69.0 Å². The van der Waals surface area contributed by atoms with Gasteiger partial charge in [-0.2, -0.15) is 9.40 Å². The number of carbonyl (C=O) groups excluding carboxylic acids is 1. The van der Waals surface area contributed by atoms with E-state index in [1.54, 1.807) is 29.5 Å². The van der Waals surface area contributed by atoms with E-state index in [4.69, 9.17) is 0 Å².